The van der Waals surface area contributed by atoms with Gasteiger partial charge in [-0.25, -0.2) is 17.4 Å². The molecule has 0 N–H and O–H groups in total. The van der Waals surface area contributed by atoms with Crippen LogP contribution < -0.4 is 0 Å². The summed E-state index contributed by atoms with van der Waals surface area (Å²) < 4.78 is 28.1. The van der Waals surface area contributed by atoms with Crippen LogP contribution in [0.5, 0.6) is 0 Å². The Labute approximate surface area is 193 Å². The van der Waals surface area contributed by atoms with Crippen molar-refractivity contribution in [3.63, 3.8) is 0 Å². The Balaban J connectivity index is 1.55. The number of hydrogen-bond acceptors (Lipinski definition) is 7. The van der Waals surface area contributed by atoms with Crippen LogP contribution in [0.25, 0.3) is 11.0 Å². The highest BCUT2D eigenvalue weighted by Crippen LogP contribution is 2.27. The predicted molar refractivity (Wildman–Crippen MR) is 121 cm³/mol. The Morgan fingerprint density at radius 2 is 1.53 bits per heavy atom. The first-order valence-electron chi connectivity index (χ1n) is 10.2. The van der Waals surface area contributed by atoms with E-state index >= 15 is 0 Å². The van der Waals surface area contributed by atoms with E-state index in [1.54, 1.807) is 48.5 Å². The van der Waals surface area contributed by atoms with Crippen molar-refractivity contribution in [2.75, 3.05) is 6.54 Å². The number of fused-ring (bicyclic) bond motifs is 2. The van der Waals surface area contributed by atoms with Crippen molar-refractivity contribution in [3.05, 3.63) is 99.9 Å². The summed E-state index contributed by atoms with van der Waals surface area (Å²) in [4.78, 5) is 41.1. The Hall–Kier alpha value is -4.38. The third-order valence-corrected chi connectivity index (χ3v) is 7.33. The molecule has 10 nitrogen and oxygen atoms in total. The molecule has 0 bridgehead atoms. The standard InChI is InChI=1S/C23H16N4O6S/c28-22-17-8-1-2-9-18(17)23(29)25(22)13-12-21-24-19-10-3-4-11-20(19)26(21)34(32,33)16-7-5-6-15(14-16)27(30)31/h1-11,14H,12-13H2. The van der Waals surface area contributed by atoms with Gasteiger partial charge in [-0.3, -0.25) is 24.6 Å². The van der Waals surface area contributed by atoms with Gasteiger partial charge in [0.1, 0.15) is 5.82 Å². The molecule has 3 aromatic carbocycles. The Morgan fingerprint density at radius 3 is 2.21 bits per heavy atom. The summed E-state index contributed by atoms with van der Waals surface area (Å²) in [6, 6.07) is 17.8. The number of benzene rings is 3. The van der Waals surface area contributed by atoms with Crippen LogP contribution in [-0.4, -0.2) is 45.6 Å². The van der Waals surface area contributed by atoms with Gasteiger partial charge in [-0.1, -0.05) is 30.3 Å². The summed E-state index contributed by atoms with van der Waals surface area (Å²) in [7, 11) is -4.27. The molecule has 0 atom stereocenters. The van der Waals surface area contributed by atoms with Crippen molar-refractivity contribution in [1.29, 1.82) is 0 Å². The average Bonchev–Trinajstić information content (AvgIpc) is 3.33. The minimum atomic E-state index is -4.27. The van der Waals surface area contributed by atoms with Gasteiger partial charge in [0, 0.05) is 25.1 Å². The molecule has 170 valence electrons. The van der Waals surface area contributed by atoms with E-state index in [1.165, 1.54) is 18.2 Å². The van der Waals surface area contributed by atoms with Gasteiger partial charge < -0.3 is 0 Å². The van der Waals surface area contributed by atoms with E-state index < -0.39 is 26.8 Å². The summed E-state index contributed by atoms with van der Waals surface area (Å²) >= 11 is 0. The van der Waals surface area contributed by atoms with Gasteiger partial charge in [-0.15, -0.1) is 0 Å². The Kier molecular flexibility index (Phi) is 4.98. The predicted octanol–water partition coefficient (Wildman–Crippen LogP) is 3.02. The average molecular weight is 476 g/mol. The number of amides is 2. The second-order valence-corrected chi connectivity index (χ2v) is 9.38. The van der Waals surface area contributed by atoms with Gasteiger partial charge in [0.15, 0.2) is 0 Å². The van der Waals surface area contributed by atoms with E-state index in [-0.39, 0.29) is 34.9 Å². The van der Waals surface area contributed by atoms with E-state index in [0.29, 0.717) is 16.6 Å². The molecule has 0 fully saturated rings. The van der Waals surface area contributed by atoms with Crippen LogP contribution in [0.3, 0.4) is 0 Å². The normalized spacial score (nSPS) is 13.5. The topological polar surface area (TPSA) is 132 Å². The molecule has 0 saturated heterocycles. The molecule has 0 unspecified atom stereocenters. The van der Waals surface area contributed by atoms with Crippen LogP contribution >= 0.6 is 0 Å². The summed E-state index contributed by atoms with van der Waals surface area (Å²) in [5, 5.41) is 11.2. The quantitative estimate of drug-likeness (QED) is 0.237. The number of nitrogens with zero attached hydrogens (tertiary/aromatic N) is 4. The maximum atomic E-state index is 13.6. The lowest BCUT2D eigenvalue weighted by molar-refractivity contribution is -0.385. The van der Waals surface area contributed by atoms with Crippen LogP contribution in [0, 0.1) is 10.1 Å². The zero-order chi connectivity index (χ0) is 24.0. The Morgan fingerprint density at radius 1 is 0.882 bits per heavy atom. The van der Waals surface area contributed by atoms with Gasteiger partial charge in [0.25, 0.3) is 27.5 Å². The number of carbonyl (C=O) groups excluding carboxylic acids is 2. The molecule has 34 heavy (non-hydrogen) atoms. The largest absolute Gasteiger partial charge is 0.274 e. The molecule has 0 spiro atoms. The van der Waals surface area contributed by atoms with E-state index in [0.717, 1.165) is 14.9 Å². The molecule has 0 saturated carbocycles. The number of aromatic nitrogens is 2. The molecule has 2 heterocycles. The number of para-hydroxylation sites is 2. The molecule has 0 aliphatic carbocycles. The first-order chi connectivity index (χ1) is 16.3. The van der Waals surface area contributed by atoms with E-state index in [9.17, 15) is 28.1 Å². The molecule has 1 aliphatic rings. The summed E-state index contributed by atoms with van der Waals surface area (Å²) in [5.74, 6) is -0.807. The molecule has 2 amide bonds. The maximum Gasteiger partial charge on any atom is 0.270 e. The SMILES string of the molecule is O=C1c2ccccc2C(=O)N1CCc1nc2ccccc2n1S(=O)(=O)c1cccc([N+](=O)[O-])c1. The van der Waals surface area contributed by atoms with Crippen LogP contribution in [0.1, 0.15) is 26.5 Å². The smallest absolute Gasteiger partial charge is 0.270 e. The molecule has 5 rings (SSSR count). The maximum absolute atomic E-state index is 13.6. The van der Waals surface area contributed by atoms with Crippen LogP contribution in [0.15, 0.2) is 77.7 Å². The summed E-state index contributed by atoms with van der Waals surface area (Å²) in [6.45, 7) is -0.0832. The van der Waals surface area contributed by atoms with Crippen LogP contribution in [-0.2, 0) is 16.4 Å². The monoisotopic (exact) mass is 476 g/mol. The number of rotatable bonds is 6. The van der Waals surface area contributed by atoms with Gasteiger partial charge in [0.05, 0.1) is 32.0 Å². The number of imidazole rings is 1. The molecular formula is C23H16N4O6S. The highest BCUT2D eigenvalue weighted by Gasteiger charge is 2.35. The van der Waals surface area contributed by atoms with Gasteiger partial charge in [0.2, 0.25) is 0 Å². The van der Waals surface area contributed by atoms with E-state index in [1.807, 2.05) is 0 Å². The number of nitro groups is 1. The second-order valence-electron chi connectivity index (χ2n) is 7.60. The summed E-state index contributed by atoms with van der Waals surface area (Å²) in [5.41, 5.74) is 0.911. The van der Waals surface area contributed by atoms with Crippen molar-refractivity contribution in [2.45, 2.75) is 11.3 Å². The van der Waals surface area contributed by atoms with Crippen molar-refractivity contribution >= 4 is 38.6 Å². The summed E-state index contributed by atoms with van der Waals surface area (Å²) in [6.07, 6.45) is -0.0334. The number of nitro benzene ring substituents is 1. The molecule has 1 aliphatic heterocycles. The lowest BCUT2D eigenvalue weighted by atomic mass is 10.1. The molecular weight excluding hydrogens is 460 g/mol. The van der Waals surface area contributed by atoms with Gasteiger partial charge >= 0.3 is 0 Å². The fourth-order valence-electron chi connectivity index (χ4n) is 4.00. The van der Waals surface area contributed by atoms with E-state index in [2.05, 4.69) is 4.98 Å². The number of non-ortho nitro benzene ring substituents is 1. The first kappa shape index (κ1) is 21.5. The zero-order valence-electron chi connectivity index (χ0n) is 17.5. The second kappa shape index (κ2) is 7.89. The molecule has 11 heteroatoms. The molecule has 0 radical (unpaired) electrons. The number of hydrogen-bond donors (Lipinski definition) is 0. The molecule has 1 aromatic heterocycles. The molecule has 4 aromatic rings. The van der Waals surface area contributed by atoms with E-state index in [4.69, 9.17) is 0 Å². The van der Waals surface area contributed by atoms with Crippen molar-refractivity contribution in [3.8, 4) is 0 Å². The number of imide groups is 1. The zero-order valence-corrected chi connectivity index (χ0v) is 18.3. The lowest BCUT2D eigenvalue weighted by Gasteiger charge is -2.15. The minimum absolute atomic E-state index is 0.0334. The van der Waals surface area contributed by atoms with Gasteiger partial charge in [-0.2, -0.15) is 0 Å². The highest BCUT2D eigenvalue weighted by molar-refractivity contribution is 7.90. The third kappa shape index (κ3) is 3.33. The third-order valence-electron chi connectivity index (χ3n) is 5.59. The van der Waals surface area contributed by atoms with Crippen molar-refractivity contribution < 1.29 is 22.9 Å². The fourth-order valence-corrected chi connectivity index (χ4v) is 5.55. The fraction of sp³-hybridized carbons (Fsp3) is 0.0870. The minimum Gasteiger partial charge on any atom is -0.274 e. The highest BCUT2D eigenvalue weighted by atomic mass is 32.2. The van der Waals surface area contributed by atoms with Crippen LogP contribution in [0.4, 0.5) is 5.69 Å². The van der Waals surface area contributed by atoms with Crippen molar-refractivity contribution in [1.82, 2.24) is 13.9 Å². The van der Waals surface area contributed by atoms with Gasteiger partial charge in [-0.05, 0) is 30.3 Å². The lowest BCUT2D eigenvalue weighted by Crippen LogP contribution is -2.32. The Bertz CT molecular complexity index is 1570. The first-order valence-corrected chi connectivity index (χ1v) is 11.6. The van der Waals surface area contributed by atoms with Crippen molar-refractivity contribution in [2.24, 2.45) is 0 Å². The van der Waals surface area contributed by atoms with Crippen LogP contribution in [0.2, 0.25) is 0 Å². The number of carbonyl (C=O) groups is 2.